The number of hydrogen-bond acceptors (Lipinski definition) is 4. The van der Waals surface area contributed by atoms with E-state index in [0.29, 0.717) is 5.75 Å². The molecule has 0 bridgehead atoms. The number of carbonyl (C=O) groups is 2. The molecule has 86 valence electrons. The third-order valence-corrected chi connectivity index (χ3v) is 1.88. The molecule has 6 nitrogen and oxygen atoms in total. The average molecular weight is 224 g/mol. The molecule has 0 aliphatic rings. The maximum atomic E-state index is 11.1. The molecule has 1 unspecified atom stereocenters. The van der Waals surface area contributed by atoms with Crippen molar-refractivity contribution in [3.8, 4) is 5.75 Å². The SMILES string of the molecule is CNC(=O)C(C)Oc1ccc(C(=O)O)nc1. The highest BCUT2D eigenvalue weighted by Gasteiger charge is 2.13. The summed E-state index contributed by atoms with van der Waals surface area (Å²) in [6.07, 6.45) is 0.616. The van der Waals surface area contributed by atoms with Crippen LogP contribution in [0.2, 0.25) is 0 Å². The van der Waals surface area contributed by atoms with Gasteiger partial charge in [0, 0.05) is 7.05 Å². The van der Waals surface area contributed by atoms with Crippen molar-refractivity contribution in [2.45, 2.75) is 13.0 Å². The van der Waals surface area contributed by atoms with Crippen LogP contribution in [0, 0.1) is 0 Å². The van der Waals surface area contributed by atoms with Crippen molar-refractivity contribution in [1.29, 1.82) is 0 Å². The van der Waals surface area contributed by atoms with Crippen molar-refractivity contribution in [3.05, 3.63) is 24.0 Å². The smallest absolute Gasteiger partial charge is 0.354 e. The molecule has 0 saturated heterocycles. The zero-order valence-corrected chi connectivity index (χ0v) is 8.93. The lowest BCUT2D eigenvalue weighted by Crippen LogP contribution is -2.33. The Bertz CT molecular complexity index is 388. The van der Waals surface area contributed by atoms with Gasteiger partial charge in [0.2, 0.25) is 0 Å². The van der Waals surface area contributed by atoms with Crippen molar-refractivity contribution < 1.29 is 19.4 Å². The minimum Gasteiger partial charge on any atom is -0.479 e. The molecule has 2 N–H and O–H groups in total. The first-order valence-electron chi connectivity index (χ1n) is 4.62. The predicted octanol–water partition coefficient (Wildman–Crippen LogP) is 0.293. The van der Waals surface area contributed by atoms with Crippen LogP contribution in [0.25, 0.3) is 0 Å². The summed E-state index contributed by atoms with van der Waals surface area (Å²) in [7, 11) is 1.51. The van der Waals surface area contributed by atoms with Crippen molar-refractivity contribution in [3.63, 3.8) is 0 Å². The maximum Gasteiger partial charge on any atom is 0.354 e. The second-order valence-electron chi connectivity index (χ2n) is 3.06. The second kappa shape index (κ2) is 5.11. The Hall–Kier alpha value is -2.11. The standard InChI is InChI=1S/C10H12N2O4/c1-6(9(13)11-2)16-7-3-4-8(10(14)15)12-5-7/h3-6H,1-2H3,(H,11,13)(H,14,15). The molecular formula is C10H12N2O4. The summed E-state index contributed by atoms with van der Waals surface area (Å²) in [5, 5.41) is 11.1. The fraction of sp³-hybridized carbons (Fsp3) is 0.300. The third-order valence-electron chi connectivity index (χ3n) is 1.88. The summed E-state index contributed by atoms with van der Waals surface area (Å²) < 4.78 is 5.23. The van der Waals surface area contributed by atoms with Crippen molar-refractivity contribution >= 4 is 11.9 Å². The van der Waals surface area contributed by atoms with Crippen LogP contribution in [0.3, 0.4) is 0 Å². The van der Waals surface area contributed by atoms with Crippen molar-refractivity contribution in [1.82, 2.24) is 10.3 Å². The lowest BCUT2D eigenvalue weighted by Gasteiger charge is -2.12. The Labute approximate surface area is 92.3 Å². The Kier molecular flexibility index (Phi) is 3.82. The summed E-state index contributed by atoms with van der Waals surface area (Å²) in [4.78, 5) is 25.3. The van der Waals surface area contributed by atoms with E-state index in [1.54, 1.807) is 6.92 Å². The lowest BCUT2D eigenvalue weighted by atomic mass is 10.3. The number of ether oxygens (including phenoxy) is 1. The van der Waals surface area contributed by atoms with E-state index in [0.717, 1.165) is 0 Å². The minimum absolute atomic E-state index is 0.0695. The van der Waals surface area contributed by atoms with Crippen LogP contribution in [0.5, 0.6) is 5.75 Å². The van der Waals surface area contributed by atoms with Gasteiger partial charge in [-0.1, -0.05) is 0 Å². The molecule has 0 radical (unpaired) electrons. The number of carboxylic acid groups (broad SMARTS) is 1. The Morgan fingerprint density at radius 1 is 1.50 bits per heavy atom. The van der Waals surface area contributed by atoms with Crippen LogP contribution >= 0.6 is 0 Å². The van der Waals surface area contributed by atoms with Crippen molar-refractivity contribution in [2.24, 2.45) is 0 Å². The molecule has 6 heteroatoms. The van der Waals surface area contributed by atoms with E-state index < -0.39 is 12.1 Å². The monoisotopic (exact) mass is 224 g/mol. The van der Waals surface area contributed by atoms with Crippen LogP contribution < -0.4 is 10.1 Å². The van der Waals surface area contributed by atoms with E-state index in [-0.39, 0.29) is 11.6 Å². The second-order valence-corrected chi connectivity index (χ2v) is 3.06. The van der Waals surface area contributed by atoms with Gasteiger partial charge in [0.15, 0.2) is 6.10 Å². The van der Waals surface area contributed by atoms with Crippen LogP contribution in [0.15, 0.2) is 18.3 Å². The van der Waals surface area contributed by atoms with Gasteiger partial charge in [-0.3, -0.25) is 4.79 Å². The molecule has 0 aliphatic heterocycles. The highest BCUT2D eigenvalue weighted by molar-refractivity contribution is 5.85. The van der Waals surface area contributed by atoms with Gasteiger partial charge in [-0.25, -0.2) is 9.78 Å². The molecule has 0 spiro atoms. The molecule has 1 rings (SSSR count). The normalized spacial score (nSPS) is 11.6. The topological polar surface area (TPSA) is 88.5 Å². The molecular weight excluding hydrogens is 212 g/mol. The van der Waals surface area contributed by atoms with Crippen LogP contribution in [0.1, 0.15) is 17.4 Å². The molecule has 1 aromatic heterocycles. The van der Waals surface area contributed by atoms with Gasteiger partial charge in [0.1, 0.15) is 11.4 Å². The molecule has 16 heavy (non-hydrogen) atoms. The number of likely N-dealkylation sites (N-methyl/N-ethyl adjacent to an activating group) is 1. The first-order chi connectivity index (χ1) is 7.54. The van der Waals surface area contributed by atoms with Gasteiger partial charge in [0.25, 0.3) is 5.91 Å². The Morgan fingerprint density at radius 3 is 2.62 bits per heavy atom. The highest BCUT2D eigenvalue weighted by Crippen LogP contribution is 2.11. The number of amides is 1. The number of aromatic nitrogens is 1. The van der Waals surface area contributed by atoms with Gasteiger partial charge in [-0.05, 0) is 19.1 Å². The van der Waals surface area contributed by atoms with Crippen molar-refractivity contribution in [2.75, 3.05) is 7.05 Å². The van der Waals surface area contributed by atoms with Gasteiger partial charge in [0.05, 0.1) is 6.20 Å². The number of nitrogens with one attached hydrogen (secondary N) is 1. The van der Waals surface area contributed by atoms with Crippen LogP contribution in [0.4, 0.5) is 0 Å². The van der Waals surface area contributed by atoms with E-state index in [1.807, 2.05) is 0 Å². The van der Waals surface area contributed by atoms with Crippen LogP contribution in [-0.4, -0.2) is 35.1 Å². The molecule has 0 saturated carbocycles. The number of carboxylic acids is 1. The van der Waals surface area contributed by atoms with Gasteiger partial charge >= 0.3 is 5.97 Å². The summed E-state index contributed by atoms with van der Waals surface area (Å²) in [5.41, 5.74) is -0.0695. The number of carbonyl (C=O) groups excluding carboxylic acids is 1. The van der Waals surface area contributed by atoms with Gasteiger partial charge in [-0.2, -0.15) is 0 Å². The fourth-order valence-corrected chi connectivity index (χ4v) is 1.04. The zero-order chi connectivity index (χ0) is 12.1. The number of nitrogens with zero attached hydrogens (tertiary/aromatic N) is 1. The van der Waals surface area contributed by atoms with E-state index in [1.165, 1.54) is 25.4 Å². The largest absolute Gasteiger partial charge is 0.479 e. The third kappa shape index (κ3) is 2.94. The summed E-state index contributed by atoms with van der Waals surface area (Å²) in [6, 6.07) is 2.77. The van der Waals surface area contributed by atoms with E-state index in [2.05, 4.69) is 10.3 Å². The van der Waals surface area contributed by atoms with Gasteiger partial charge < -0.3 is 15.2 Å². The minimum atomic E-state index is -1.11. The maximum absolute atomic E-state index is 11.1. The molecule has 1 atom stereocenters. The molecule has 0 aliphatic carbocycles. The molecule has 0 aromatic carbocycles. The molecule has 1 heterocycles. The number of rotatable bonds is 4. The molecule has 1 amide bonds. The zero-order valence-electron chi connectivity index (χ0n) is 8.93. The first-order valence-corrected chi connectivity index (χ1v) is 4.62. The number of hydrogen-bond donors (Lipinski definition) is 2. The highest BCUT2D eigenvalue weighted by atomic mass is 16.5. The van der Waals surface area contributed by atoms with Gasteiger partial charge in [-0.15, -0.1) is 0 Å². The predicted molar refractivity (Wildman–Crippen MR) is 55.4 cm³/mol. The average Bonchev–Trinajstić information content (AvgIpc) is 2.28. The molecule has 1 aromatic rings. The number of pyridine rings is 1. The summed E-state index contributed by atoms with van der Waals surface area (Å²) in [5.74, 6) is -1.02. The fourth-order valence-electron chi connectivity index (χ4n) is 1.04. The first kappa shape index (κ1) is 12.0. The quantitative estimate of drug-likeness (QED) is 0.767. The van der Waals surface area contributed by atoms with Crippen LogP contribution in [-0.2, 0) is 4.79 Å². The number of aromatic carboxylic acids is 1. The van der Waals surface area contributed by atoms with E-state index >= 15 is 0 Å². The molecule has 0 fully saturated rings. The van der Waals surface area contributed by atoms with E-state index in [9.17, 15) is 9.59 Å². The summed E-state index contributed by atoms with van der Waals surface area (Å²) in [6.45, 7) is 1.59. The van der Waals surface area contributed by atoms with E-state index in [4.69, 9.17) is 9.84 Å². The Balaban J connectivity index is 2.68. The summed E-state index contributed by atoms with van der Waals surface area (Å²) >= 11 is 0. The lowest BCUT2D eigenvalue weighted by molar-refractivity contribution is -0.126. The Morgan fingerprint density at radius 2 is 2.19 bits per heavy atom.